The van der Waals surface area contributed by atoms with Gasteiger partial charge in [-0.05, 0) is 49.2 Å². The standard InChI is InChI=1S/C17H20N2O2/c1-11-15(5-4-6-16(11)18)17(20)19-12(2)13-7-9-14(21-3)10-8-13/h4-10,12H,18H2,1-3H3,(H,19,20)/t12-/m0/s1. The highest BCUT2D eigenvalue weighted by Crippen LogP contribution is 2.19. The summed E-state index contributed by atoms with van der Waals surface area (Å²) in [5, 5.41) is 2.98. The van der Waals surface area contributed by atoms with Crippen LogP contribution in [0.3, 0.4) is 0 Å². The average molecular weight is 284 g/mol. The topological polar surface area (TPSA) is 64.3 Å². The molecule has 0 spiro atoms. The van der Waals surface area contributed by atoms with E-state index in [1.807, 2.05) is 38.1 Å². The van der Waals surface area contributed by atoms with Crippen LogP contribution in [0.5, 0.6) is 5.75 Å². The van der Waals surface area contributed by atoms with Gasteiger partial charge in [0.2, 0.25) is 0 Å². The van der Waals surface area contributed by atoms with Crippen LogP contribution in [0.1, 0.15) is 34.5 Å². The van der Waals surface area contributed by atoms with Crippen molar-refractivity contribution in [1.82, 2.24) is 5.32 Å². The first-order valence-electron chi connectivity index (χ1n) is 6.83. The van der Waals surface area contributed by atoms with E-state index in [0.717, 1.165) is 16.9 Å². The van der Waals surface area contributed by atoms with Crippen molar-refractivity contribution in [3.05, 3.63) is 59.2 Å². The number of carbonyl (C=O) groups excluding carboxylic acids is 1. The molecule has 0 saturated carbocycles. The zero-order valence-corrected chi connectivity index (χ0v) is 12.5. The number of ether oxygens (including phenoxy) is 1. The Morgan fingerprint density at radius 1 is 1.19 bits per heavy atom. The number of nitrogen functional groups attached to an aromatic ring is 1. The fourth-order valence-electron chi connectivity index (χ4n) is 2.15. The zero-order chi connectivity index (χ0) is 15.4. The van der Waals surface area contributed by atoms with E-state index in [9.17, 15) is 4.79 Å². The number of anilines is 1. The quantitative estimate of drug-likeness (QED) is 0.848. The van der Waals surface area contributed by atoms with Gasteiger partial charge in [-0.1, -0.05) is 18.2 Å². The van der Waals surface area contributed by atoms with Crippen LogP contribution in [0.15, 0.2) is 42.5 Å². The summed E-state index contributed by atoms with van der Waals surface area (Å²) in [5.41, 5.74) is 8.89. The van der Waals surface area contributed by atoms with Gasteiger partial charge in [-0.25, -0.2) is 0 Å². The molecule has 1 amide bonds. The minimum atomic E-state index is -0.122. The molecule has 0 radical (unpaired) electrons. The highest BCUT2D eigenvalue weighted by Gasteiger charge is 2.14. The number of benzene rings is 2. The summed E-state index contributed by atoms with van der Waals surface area (Å²) in [6.07, 6.45) is 0. The summed E-state index contributed by atoms with van der Waals surface area (Å²) in [5.74, 6) is 0.673. The first kappa shape index (κ1) is 14.9. The van der Waals surface area contributed by atoms with Gasteiger partial charge in [0.15, 0.2) is 0 Å². The van der Waals surface area contributed by atoms with Crippen LogP contribution in [0.4, 0.5) is 5.69 Å². The van der Waals surface area contributed by atoms with Gasteiger partial charge in [-0.3, -0.25) is 4.79 Å². The Balaban J connectivity index is 2.12. The van der Waals surface area contributed by atoms with Gasteiger partial charge in [0.1, 0.15) is 5.75 Å². The third-order valence-electron chi connectivity index (χ3n) is 3.58. The monoisotopic (exact) mass is 284 g/mol. The largest absolute Gasteiger partial charge is 0.497 e. The second-order valence-corrected chi connectivity index (χ2v) is 4.99. The Labute approximate surface area is 124 Å². The summed E-state index contributed by atoms with van der Waals surface area (Å²) in [7, 11) is 1.63. The molecule has 21 heavy (non-hydrogen) atoms. The molecular weight excluding hydrogens is 264 g/mol. The maximum atomic E-state index is 12.3. The third kappa shape index (κ3) is 3.34. The van der Waals surface area contributed by atoms with Gasteiger partial charge in [0.05, 0.1) is 13.2 Å². The van der Waals surface area contributed by atoms with E-state index in [2.05, 4.69) is 5.32 Å². The smallest absolute Gasteiger partial charge is 0.252 e. The molecule has 2 aromatic carbocycles. The molecule has 0 heterocycles. The van der Waals surface area contributed by atoms with Crippen LogP contribution in [0.25, 0.3) is 0 Å². The Morgan fingerprint density at radius 3 is 2.48 bits per heavy atom. The minimum absolute atomic E-state index is 0.0933. The van der Waals surface area contributed by atoms with Crippen molar-refractivity contribution in [2.24, 2.45) is 0 Å². The number of nitrogens with one attached hydrogen (secondary N) is 1. The zero-order valence-electron chi connectivity index (χ0n) is 12.5. The molecule has 0 unspecified atom stereocenters. The SMILES string of the molecule is COc1ccc([C@H](C)NC(=O)c2cccc(N)c2C)cc1. The number of hydrogen-bond acceptors (Lipinski definition) is 3. The first-order chi connectivity index (χ1) is 10.0. The number of methoxy groups -OCH3 is 1. The van der Waals surface area contributed by atoms with E-state index < -0.39 is 0 Å². The Bertz CT molecular complexity index is 636. The van der Waals surface area contributed by atoms with Crippen LogP contribution in [-0.2, 0) is 0 Å². The lowest BCUT2D eigenvalue weighted by Crippen LogP contribution is -2.27. The van der Waals surface area contributed by atoms with Gasteiger partial charge < -0.3 is 15.8 Å². The molecule has 0 aromatic heterocycles. The molecule has 110 valence electrons. The summed E-state index contributed by atoms with van der Waals surface area (Å²) in [6.45, 7) is 3.80. The number of hydrogen-bond donors (Lipinski definition) is 2. The highest BCUT2D eigenvalue weighted by atomic mass is 16.5. The molecule has 0 bridgehead atoms. The second-order valence-electron chi connectivity index (χ2n) is 4.99. The lowest BCUT2D eigenvalue weighted by atomic mass is 10.0. The molecular formula is C17H20N2O2. The van der Waals surface area contributed by atoms with Crippen LogP contribution in [0.2, 0.25) is 0 Å². The van der Waals surface area contributed by atoms with E-state index in [0.29, 0.717) is 11.3 Å². The summed E-state index contributed by atoms with van der Waals surface area (Å²) in [4.78, 5) is 12.3. The van der Waals surface area contributed by atoms with Crippen LogP contribution in [-0.4, -0.2) is 13.0 Å². The molecule has 0 saturated heterocycles. The van der Waals surface area contributed by atoms with Crippen molar-refractivity contribution in [3.63, 3.8) is 0 Å². The highest BCUT2D eigenvalue weighted by molar-refractivity contribution is 5.97. The molecule has 4 nitrogen and oxygen atoms in total. The summed E-state index contributed by atoms with van der Waals surface area (Å²) < 4.78 is 5.13. The molecule has 0 aliphatic carbocycles. The van der Waals surface area contributed by atoms with E-state index >= 15 is 0 Å². The number of amides is 1. The minimum Gasteiger partial charge on any atom is -0.497 e. The lowest BCUT2D eigenvalue weighted by molar-refractivity contribution is 0.0939. The maximum absolute atomic E-state index is 12.3. The van der Waals surface area contributed by atoms with Gasteiger partial charge in [-0.2, -0.15) is 0 Å². The fraction of sp³-hybridized carbons (Fsp3) is 0.235. The molecule has 0 fully saturated rings. The van der Waals surface area contributed by atoms with Gasteiger partial charge in [0.25, 0.3) is 5.91 Å². The summed E-state index contributed by atoms with van der Waals surface area (Å²) >= 11 is 0. The normalized spacial score (nSPS) is 11.8. The summed E-state index contributed by atoms with van der Waals surface area (Å²) in [6, 6.07) is 12.9. The maximum Gasteiger partial charge on any atom is 0.252 e. The Kier molecular flexibility index (Phi) is 4.48. The van der Waals surface area contributed by atoms with Gasteiger partial charge >= 0.3 is 0 Å². The molecule has 3 N–H and O–H groups in total. The van der Waals surface area contributed by atoms with E-state index in [4.69, 9.17) is 10.5 Å². The van der Waals surface area contributed by atoms with Crippen molar-refractivity contribution < 1.29 is 9.53 Å². The molecule has 0 aliphatic rings. The van der Waals surface area contributed by atoms with Crippen molar-refractivity contribution >= 4 is 11.6 Å². The Hall–Kier alpha value is -2.49. The van der Waals surface area contributed by atoms with Crippen molar-refractivity contribution in [3.8, 4) is 5.75 Å². The molecule has 2 rings (SSSR count). The molecule has 2 aromatic rings. The predicted molar refractivity (Wildman–Crippen MR) is 84.5 cm³/mol. The fourth-order valence-corrected chi connectivity index (χ4v) is 2.15. The molecule has 1 atom stereocenters. The van der Waals surface area contributed by atoms with Crippen molar-refractivity contribution in [1.29, 1.82) is 0 Å². The van der Waals surface area contributed by atoms with Crippen LogP contribution in [0, 0.1) is 6.92 Å². The third-order valence-corrected chi connectivity index (χ3v) is 3.58. The van der Waals surface area contributed by atoms with Crippen molar-refractivity contribution in [2.75, 3.05) is 12.8 Å². The lowest BCUT2D eigenvalue weighted by Gasteiger charge is -2.16. The van der Waals surface area contributed by atoms with Crippen LogP contribution < -0.4 is 15.8 Å². The van der Waals surface area contributed by atoms with Gasteiger partial charge in [0, 0.05) is 11.3 Å². The number of carbonyl (C=O) groups is 1. The van der Waals surface area contributed by atoms with Crippen LogP contribution >= 0.6 is 0 Å². The predicted octanol–water partition coefficient (Wildman–Crippen LogP) is 3.08. The van der Waals surface area contributed by atoms with Crippen molar-refractivity contribution in [2.45, 2.75) is 19.9 Å². The average Bonchev–Trinajstić information content (AvgIpc) is 2.50. The molecule has 0 aliphatic heterocycles. The first-order valence-corrected chi connectivity index (χ1v) is 6.83. The van der Waals surface area contributed by atoms with E-state index in [1.165, 1.54) is 0 Å². The van der Waals surface area contributed by atoms with Gasteiger partial charge in [-0.15, -0.1) is 0 Å². The molecule has 4 heteroatoms. The number of rotatable bonds is 4. The Morgan fingerprint density at radius 2 is 1.86 bits per heavy atom. The van der Waals surface area contributed by atoms with E-state index in [-0.39, 0.29) is 11.9 Å². The van der Waals surface area contributed by atoms with E-state index in [1.54, 1.807) is 25.3 Å². The number of nitrogens with two attached hydrogens (primary N) is 1. The second kappa shape index (κ2) is 6.31.